The van der Waals surface area contributed by atoms with Crippen molar-refractivity contribution in [3.63, 3.8) is 0 Å². The smallest absolute Gasteiger partial charge is 0.237 e. The van der Waals surface area contributed by atoms with Crippen molar-refractivity contribution in [2.45, 2.75) is 37.3 Å². The fourth-order valence-corrected chi connectivity index (χ4v) is 2.41. The minimum Gasteiger partial charge on any atom is -0.388 e. The van der Waals surface area contributed by atoms with Gasteiger partial charge in [-0.05, 0) is 18.4 Å². The van der Waals surface area contributed by atoms with Crippen molar-refractivity contribution < 1.29 is 14.6 Å². The number of nitrogens with one attached hydrogen (secondary N) is 1. The van der Waals surface area contributed by atoms with Crippen LogP contribution in [0.4, 0.5) is 0 Å². The highest BCUT2D eigenvalue weighted by Crippen LogP contribution is 2.19. The van der Waals surface area contributed by atoms with Crippen molar-refractivity contribution in [3.05, 3.63) is 35.9 Å². The molecule has 1 fully saturated rings. The van der Waals surface area contributed by atoms with E-state index in [4.69, 9.17) is 10.5 Å². The Morgan fingerprint density at radius 1 is 1.33 bits per heavy atom. The van der Waals surface area contributed by atoms with Crippen LogP contribution < -0.4 is 11.1 Å². The van der Waals surface area contributed by atoms with Crippen LogP contribution in [-0.4, -0.2) is 42.4 Å². The van der Waals surface area contributed by atoms with Crippen molar-refractivity contribution in [1.82, 2.24) is 5.32 Å². The molecule has 5 heteroatoms. The lowest BCUT2D eigenvalue weighted by molar-refractivity contribution is -0.125. The van der Waals surface area contributed by atoms with Crippen LogP contribution in [0.5, 0.6) is 0 Å². The van der Waals surface area contributed by atoms with Crippen molar-refractivity contribution in [1.29, 1.82) is 0 Å². The summed E-state index contributed by atoms with van der Waals surface area (Å²) in [6, 6.07) is 9.41. The molecule has 1 aromatic carbocycles. The fourth-order valence-electron chi connectivity index (χ4n) is 2.41. The Balaban J connectivity index is 1.72. The predicted molar refractivity (Wildman–Crippen MR) is 80.8 cm³/mol. The van der Waals surface area contributed by atoms with Crippen molar-refractivity contribution >= 4 is 5.91 Å². The van der Waals surface area contributed by atoms with E-state index in [9.17, 15) is 9.90 Å². The molecule has 1 aromatic rings. The van der Waals surface area contributed by atoms with Gasteiger partial charge in [-0.15, -0.1) is 0 Å². The van der Waals surface area contributed by atoms with Crippen LogP contribution in [0.15, 0.2) is 30.3 Å². The summed E-state index contributed by atoms with van der Waals surface area (Å²) in [5, 5.41) is 13.0. The van der Waals surface area contributed by atoms with Crippen LogP contribution in [0.25, 0.3) is 0 Å². The maximum atomic E-state index is 12.0. The third kappa shape index (κ3) is 5.12. The Labute approximate surface area is 125 Å². The lowest BCUT2D eigenvalue weighted by atomic mass is 9.94. The summed E-state index contributed by atoms with van der Waals surface area (Å²) in [5.41, 5.74) is 6.22. The third-order valence-corrected chi connectivity index (χ3v) is 3.94. The third-order valence-electron chi connectivity index (χ3n) is 3.94. The highest BCUT2D eigenvalue weighted by molar-refractivity contribution is 5.81. The summed E-state index contributed by atoms with van der Waals surface area (Å²) in [7, 11) is 0. The minimum atomic E-state index is -0.854. The van der Waals surface area contributed by atoms with E-state index >= 15 is 0 Å². The molecular formula is C16H24N2O3. The first-order valence-electron chi connectivity index (χ1n) is 7.46. The summed E-state index contributed by atoms with van der Waals surface area (Å²) < 4.78 is 5.21. The molecule has 4 N–H and O–H groups in total. The zero-order valence-electron chi connectivity index (χ0n) is 12.3. The Morgan fingerprint density at radius 2 is 2.00 bits per heavy atom. The summed E-state index contributed by atoms with van der Waals surface area (Å²) in [6.07, 6.45) is 2.46. The molecule has 1 aliphatic heterocycles. The molecule has 1 heterocycles. The number of benzene rings is 1. The number of nitrogens with two attached hydrogens (primary N) is 1. The highest BCUT2D eigenvalue weighted by atomic mass is 16.5. The molecule has 0 aliphatic carbocycles. The molecule has 5 nitrogen and oxygen atoms in total. The second kappa shape index (κ2) is 7.54. The highest BCUT2D eigenvalue weighted by Gasteiger charge is 2.30. The average molecular weight is 292 g/mol. The number of hydrogen-bond acceptors (Lipinski definition) is 4. The largest absolute Gasteiger partial charge is 0.388 e. The van der Waals surface area contributed by atoms with Gasteiger partial charge < -0.3 is 20.9 Å². The summed E-state index contributed by atoms with van der Waals surface area (Å²) in [6.45, 7) is 1.31. The molecular weight excluding hydrogens is 268 g/mol. The van der Waals surface area contributed by atoms with Crippen LogP contribution in [-0.2, 0) is 16.0 Å². The molecule has 2 rings (SSSR count). The number of carbonyl (C=O) groups is 1. The average Bonchev–Trinajstić information content (AvgIpc) is 2.52. The lowest BCUT2D eigenvalue weighted by Gasteiger charge is -2.32. The Hall–Kier alpha value is -1.43. The number of aryl methyl sites for hydroxylation is 1. The molecule has 116 valence electrons. The standard InChI is InChI=1S/C16H24N2O3/c17-14(7-6-13-4-2-1-3-5-13)15(19)18-12-16(20)8-10-21-11-9-16/h1-5,14,20H,6-12,17H2,(H,18,19). The first-order valence-corrected chi connectivity index (χ1v) is 7.46. The van der Waals surface area contributed by atoms with Gasteiger partial charge >= 0.3 is 0 Å². The van der Waals surface area contributed by atoms with E-state index in [1.54, 1.807) is 0 Å². The number of amides is 1. The summed E-state index contributed by atoms with van der Waals surface area (Å²) in [5.74, 6) is -0.203. The Bertz CT molecular complexity index is 444. The van der Waals surface area contributed by atoms with Gasteiger partial charge in [0.1, 0.15) is 0 Å². The maximum absolute atomic E-state index is 12.0. The van der Waals surface area contributed by atoms with Crippen LogP contribution in [0.2, 0.25) is 0 Å². The first-order chi connectivity index (χ1) is 10.1. The molecule has 1 aliphatic rings. The van der Waals surface area contributed by atoms with Crippen molar-refractivity contribution in [3.8, 4) is 0 Å². The predicted octanol–water partition coefficient (Wildman–Crippen LogP) is 0.604. The van der Waals surface area contributed by atoms with Gasteiger partial charge in [-0.25, -0.2) is 0 Å². The van der Waals surface area contributed by atoms with Crippen LogP contribution in [0, 0.1) is 0 Å². The van der Waals surface area contributed by atoms with E-state index in [0.29, 0.717) is 32.5 Å². The second-order valence-corrected chi connectivity index (χ2v) is 5.69. The molecule has 1 atom stereocenters. The van der Waals surface area contributed by atoms with E-state index in [1.165, 1.54) is 5.56 Å². The zero-order valence-corrected chi connectivity index (χ0v) is 12.3. The second-order valence-electron chi connectivity index (χ2n) is 5.69. The van der Waals surface area contributed by atoms with E-state index in [1.807, 2.05) is 30.3 Å². The van der Waals surface area contributed by atoms with E-state index in [2.05, 4.69) is 5.32 Å². The molecule has 1 saturated heterocycles. The molecule has 0 spiro atoms. The molecule has 0 aromatic heterocycles. The fraction of sp³-hybridized carbons (Fsp3) is 0.562. The quantitative estimate of drug-likeness (QED) is 0.717. The minimum absolute atomic E-state index is 0.203. The Morgan fingerprint density at radius 3 is 2.67 bits per heavy atom. The van der Waals surface area contributed by atoms with Crippen LogP contribution in [0.3, 0.4) is 0 Å². The van der Waals surface area contributed by atoms with E-state index < -0.39 is 11.6 Å². The topological polar surface area (TPSA) is 84.6 Å². The van der Waals surface area contributed by atoms with Crippen molar-refractivity contribution in [2.75, 3.05) is 19.8 Å². The SMILES string of the molecule is NC(CCc1ccccc1)C(=O)NCC1(O)CCOCC1. The molecule has 1 unspecified atom stereocenters. The maximum Gasteiger partial charge on any atom is 0.237 e. The van der Waals surface area contributed by atoms with Gasteiger partial charge in [-0.3, -0.25) is 4.79 Å². The van der Waals surface area contributed by atoms with Crippen molar-refractivity contribution in [2.24, 2.45) is 5.73 Å². The molecule has 21 heavy (non-hydrogen) atoms. The molecule has 0 bridgehead atoms. The number of hydrogen-bond donors (Lipinski definition) is 3. The van der Waals surface area contributed by atoms with Gasteiger partial charge in [0.25, 0.3) is 0 Å². The summed E-state index contributed by atoms with van der Waals surface area (Å²) >= 11 is 0. The summed E-state index contributed by atoms with van der Waals surface area (Å²) in [4.78, 5) is 12.0. The van der Waals surface area contributed by atoms with Gasteiger partial charge in [-0.2, -0.15) is 0 Å². The Kier molecular flexibility index (Phi) is 5.73. The zero-order chi connectivity index (χ0) is 15.1. The van der Waals surface area contributed by atoms with Gasteiger partial charge in [-0.1, -0.05) is 30.3 Å². The van der Waals surface area contributed by atoms with E-state index in [0.717, 1.165) is 6.42 Å². The van der Waals surface area contributed by atoms with Gasteiger partial charge in [0.05, 0.1) is 11.6 Å². The normalized spacial score (nSPS) is 19.0. The lowest BCUT2D eigenvalue weighted by Crippen LogP contribution is -2.50. The molecule has 0 radical (unpaired) electrons. The molecule has 0 saturated carbocycles. The number of rotatable bonds is 6. The van der Waals surface area contributed by atoms with Gasteiger partial charge in [0.2, 0.25) is 5.91 Å². The van der Waals surface area contributed by atoms with Gasteiger partial charge in [0.15, 0.2) is 0 Å². The number of carbonyl (C=O) groups excluding carboxylic acids is 1. The number of aliphatic hydroxyl groups is 1. The molecule has 1 amide bonds. The number of ether oxygens (including phenoxy) is 1. The van der Waals surface area contributed by atoms with Crippen LogP contribution in [0.1, 0.15) is 24.8 Å². The van der Waals surface area contributed by atoms with Crippen LogP contribution >= 0.6 is 0 Å². The van der Waals surface area contributed by atoms with E-state index in [-0.39, 0.29) is 12.5 Å². The monoisotopic (exact) mass is 292 g/mol. The van der Waals surface area contributed by atoms with Gasteiger partial charge in [0, 0.05) is 32.6 Å². The first kappa shape index (κ1) is 15.9.